The summed E-state index contributed by atoms with van der Waals surface area (Å²) in [6.45, 7) is 1.32. The maximum absolute atomic E-state index is 13.4. The van der Waals surface area contributed by atoms with Crippen molar-refractivity contribution in [3.05, 3.63) is 57.9 Å². The van der Waals surface area contributed by atoms with Crippen LogP contribution in [0.4, 0.5) is 15.8 Å². The number of nitrogens with zero attached hydrogens (tertiary/aromatic N) is 1. The molecule has 0 saturated heterocycles. The van der Waals surface area contributed by atoms with Crippen molar-refractivity contribution in [1.29, 1.82) is 0 Å². The van der Waals surface area contributed by atoms with Crippen molar-refractivity contribution in [3.63, 3.8) is 0 Å². The molecule has 0 radical (unpaired) electrons. The van der Waals surface area contributed by atoms with Gasteiger partial charge in [0, 0.05) is 11.8 Å². The molecule has 0 unspecified atom stereocenters. The van der Waals surface area contributed by atoms with Gasteiger partial charge in [-0.3, -0.25) is 14.9 Å². The number of amides is 1. The molecule has 1 N–H and O–H groups in total. The second-order valence-corrected chi connectivity index (χ2v) is 5.53. The Balaban J connectivity index is 2.11. The maximum Gasteiger partial charge on any atom is 0.342 e. The van der Waals surface area contributed by atoms with Gasteiger partial charge in [0.25, 0.3) is 5.91 Å². The molecule has 0 aromatic heterocycles. The summed E-state index contributed by atoms with van der Waals surface area (Å²) in [6, 6.07) is 7.37. The molecule has 10 heteroatoms. The third-order valence-electron chi connectivity index (χ3n) is 3.69. The van der Waals surface area contributed by atoms with Gasteiger partial charge in [-0.2, -0.15) is 4.39 Å². The fourth-order valence-electron chi connectivity index (χ4n) is 2.23. The Labute approximate surface area is 159 Å². The molecule has 0 aliphatic heterocycles. The first-order chi connectivity index (χ1) is 13.3. The van der Waals surface area contributed by atoms with Crippen molar-refractivity contribution in [1.82, 2.24) is 0 Å². The summed E-state index contributed by atoms with van der Waals surface area (Å²) in [6.07, 6.45) is -1.24. The van der Waals surface area contributed by atoms with Crippen LogP contribution < -0.4 is 14.8 Å². The number of halogens is 1. The molecular weight excluding hydrogens is 375 g/mol. The van der Waals surface area contributed by atoms with Gasteiger partial charge in [0.2, 0.25) is 5.82 Å². The van der Waals surface area contributed by atoms with Crippen LogP contribution in [0, 0.1) is 15.9 Å². The van der Waals surface area contributed by atoms with Crippen LogP contribution in [0.1, 0.15) is 17.3 Å². The third kappa shape index (κ3) is 4.72. The van der Waals surface area contributed by atoms with Gasteiger partial charge in [0.05, 0.1) is 19.1 Å². The summed E-state index contributed by atoms with van der Waals surface area (Å²) in [5, 5.41) is 13.1. The summed E-state index contributed by atoms with van der Waals surface area (Å²) >= 11 is 0. The highest BCUT2D eigenvalue weighted by atomic mass is 19.1. The number of nitro benzene ring substituents is 1. The molecule has 28 heavy (non-hydrogen) atoms. The summed E-state index contributed by atoms with van der Waals surface area (Å²) in [5.41, 5.74) is -0.748. The lowest BCUT2D eigenvalue weighted by Gasteiger charge is -2.15. The van der Waals surface area contributed by atoms with E-state index in [1.165, 1.54) is 33.3 Å². The van der Waals surface area contributed by atoms with Gasteiger partial charge in [0.15, 0.2) is 6.10 Å². The van der Waals surface area contributed by atoms with Gasteiger partial charge in [0.1, 0.15) is 17.1 Å². The van der Waals surface area contributed by atoms with E-state index in [1.54, 1.807) is 6.07 Å². The van der Waals surface area contributed by atoms with Crippen LogP contribution >= 0.6 is 0 Å². The van der Waals surface area contributed by atoms with E-state index in [4.69, 9.17) is 14.2 Å². The molecule has 2 aromatic carbocycles. The number of anilines is 1. The Morgan fingerprint density at radius 1 is 1.14 bits per heavy atom. The van der Waals surface area contributed by atoms with E-state index in [0.29, 0.717) is 5.75 Å². The Kier molecular flexibility index (Phi) is 6.48. The highest BCUT2D eigenvalue weighted by Crippen LogP contribution is 2.25. The number of benzene rings is 2. The smallest absolute Gasteiger partial charge is 0.342 e. The first kappa shape index (κ1) is 20.6. The van der Waals surface area contributed by atoms with Crippen LogP contribution in [0.2, 0.25) is 0 Å². The minimum absolute atomic E-state index is 0.0139. The van der Waals surface area contributed by atoms with E-state index in [2.05, 4.69) is 5.32 Å². The van der Waals surface area contributed by atoms with Gasteiger partial charge in [-0.1, -0.05) is 0 Å². The minimum atomic E-state index is -1.24. The summed E-state index contributed by atoms with van der Waals surface area (Å²) in [5.74, 6) is -2.00. The Morgan fingerprint density at radius 3 is 2.46 bits per heavy atom. The van der Waals surface area contributed by atoms with E-state index in [1.807, 2.05) is 0 Å². The molecule has 9 nitrogen and oxygen atoms in total. The minimum Gasteiger partial charge on any atom is -0.497 e. The predicted molar refractivity (Wildman–Crippen MR) is 96.1 cm³/mol. The standard InChI is InChI=1S/C18H17FN2O7/c1-10(17(22)20-11-4-6-14(19)15(8-11)21(24)25)28-18(23)13-9-12(26-2)5-7-16(13)27-3/h4-10H,1-3H3,(H,20,22)/t10-/m0/s1. The number of esters is 1. The van der Waals surface area contributed by atoms with Gasteiger partial charge in [-0.05, 0) is 37.3 Å². The first-order valence-corrected chi connectivity index (χ1v) is 7.94. The molecule has 2 rings (SSSR count). The summed E-state index contributed by atoms with van der Waals surface area (Å²) in [7, 11) is 2.80. The normalized spacial score (nSPS) is 11.3. The number of methoxy groups -OCH3 is 2. The van der Waals surface area contributed by atoms with Crippen molar-refractivity contribution < 1.29 is 33.1 Å². The number of carbonyl (C=O) groups is 2. The number of carbonyl (C=O) groups excluding carboxylic acids is 2. The zero-order chi connectivity index (χ0) is 20.8. The summed E-state index contributed by atoms with van der Waals surface area (Å²) in [4.78, 5) is 34.4. The molecule has 0 spiro atoms. The zero-order valence-electron chi connectivity index (χ0n) is 15.2. The zero-order valence-corrected chi connectivity index (χ0v) is 15.2. The molecule has 2 aromatic rings. The molecule has 0 aliphatic rings. The SMILES string of the molecule is COc1ccc(OC)c(C(=O)O[C@@H](C)C(=O)Nc2ccc(F)c([N+](=O)[O-])c2)c1. The number of hydrogen-bond acceptors (Lipinski definition) is 7. The summed E-state index contributed by atoms with van der Waals surface area (Å²) < 4.78 is 28.6. The Bertz CT molecular complexity index is 917. The average Bonchev–Trinajstić information content (AvgIpc) is 2.68. The highest BCUT2D eigenvalue weighted by Gasteiger charge is 2.23. The van der Waals surface area contributed by atoms with Crippen LogP contribution in [0.15, 0.2) is 36.4 Å². The lowest BCUT2D eigenvalue weighted by atomic mass is 10.2. The number of hydrogen-bond donors (Lipinski definition) is 1. The van der Waals surface area contributed by atoms with Crippen molar-refractivity contribution >= 4 is 23.3 Å². The van der Waals surface area contributed by atoms with E-state index >= 15 is 0 Å². The Morgan fingerprint density at radius 2 is 1.86 bits per heavy atom. The van der Waals surface area contributed by atoms with Crippen molar-refractivity contribution in [2.45, 2.75) is 13.0 Å². The van der Waals surface area contributed by atoms with Gasteiger partial charge in [-0.25, -0.2) is 4.79 Å². The topological polar surface area (TPSA) is 117 Å². The largest absolute Gasteiger partial charge is 0.497 e. The Hall–Kier alpha value is -3.69. The van der Waals surface area contributed by atoms with Gasteiger partial charge in [-0.15, -0.1) is 0 Å². The monoisotopic (exact) mass is 392 g/mol. The van der Waals surface area contributed by atoms with E-state index in [-0.39, 0.29) is 17.0 Å². The van der Waals surface area contributed by atoms with Crippen LogP contribution in [0.5, 0.6) is 11.5 Å². The molecule has 0 heterocycles. The second kappa shape index (κ2) is 8.80. The van der Waals surface area contributed by atoms with E-state index < -0.39 is 34.4 Å². The van der Waals surface area contributed by atoms with Crippen LogP contribution in [0.3, 0.4) is 0 Å². The fourth-order valence-corrected chi connectivity index (χ4v) is 2.23. The molecule has 1 atom stereocenters. The predicted octanol–water partition coefficient (Wildman–Crippen LogP) is 2.94. The van der Waals surface area contributed by atoms with Crippen LogP contribution in [0.25, 0.3) is 0 Å². The molecule has 1 amide bonds. The van der Waals surface area contributed by atoms with E-state index in [9.17, 15) is 24.1 Å². The maximum atomic E-state index is 13.4. The highest BCUT2D eigenvalue weighted by molar-refractivity contribution is 5.98. The molecule has 0 saturated carbocycles. The van der Waals surface area contributed by atoms with Crippen molar-refractivity contribution in [2.75, 3.05) is 19.5 Å². The quantitative estimate of drug-likeness (QED) is 0.437. The molecule has 148 valence electrons. The van der Waals surface area contributed by atoms with E-state index in [0.717, 1.165) is 18.2 Å². The fraction of sp³-hybridized carbons (Fsp3) is 0.222. The van der Waals surface area contributed by atoms with Gasteiger partial charge >= 0.3 is 11.7 Å². The number of rotatable bonds is 7. The lowest BCUT2D eigenvalue weighted by Crippen LogP contribution is -2.30. The first-order valence-electron chi connectivity index (χ1n) is 7.94. The van der Waals surface area contributed by atoms with Crippen LogP contribution in [-0.4, -0.2) is 37.1 Å². The van der Waals surface area contributed by atoms with Crippen LogP contribution in [-0.2, 0) is 9.53 Å². The number of nitrogens with one attached hydrogen (secondary N) is 1. The second-order valence-electron chi connectivity index (χ2n) is 5.53. The molecule has 0 aliphatic carbocycles. The number of nitro groups is 1. The molecule has 0 bridgehead atoms. The molecule has 0 fully saturated rings. The van der Waals surface area contributed by atoms with Crippen molar-refractivity contribution in [3.8, 4) is 11.5 Å². The number of ether oxygens (including phenoxy) is 3. The lowest BCUT2D eigenvalue weighted by molar-refractivity contribution is -0.387. The average molecular weight is 392 g/mol. The van der Waals surface area contributed by atoms with Crippen molar-refractivity contribution in [2.24, 2.45) is 0 Å². The third-order valence-corrected chi connectivity index (χ3v) is 3.69. The van der Waals surface area contributed by atoms with Gasteiger partial charge < -0.3 is 19.5 Å². The molecular formula is C18H17FN2O7.